The molecule has 0 aromatic heterocycles. The minimum absolute atomic E-state index is 0. The number of hydrogen-bond acceptors (Lipinski definition) is 1. The van der Waals surface area contributed by atoms with E-state index in [-0.39, 0.29) is 70.8 Å². The Kier molecular flexibility index (Phi) is 7.94. The molecule has 0 aliphatic rings. The molecule has 1 aromatic carbocycles. The van der Waals surface area contributed by atoms with Crippen molar-refractivity contribution in [1.82, 2.24) is 0 Å². The van der Waals surface area contributed by atoms with Gasteiger partial charge in [0.15, 0.2) is 0 Å². The van der Waals surface area contributed by atoms with Gasteiger partial charge >= 0.3 is 58.2 Å². The Bertz CT molecular complexity index is 203. The Balaban J connectivity index is 0.00000121. The van der Waals surface area contributed by atoms with Crippen molar-refractivity contribution in [3.8, 4) is 0 Å². The number of hydrogen-bond donors (Lipinski definition) is 1. The molecule has 0 spiro atoms. The first-order valence-corrected chi connectivity index (χ1v) is 3.69. The van der Waals surface area contributed by atoms with Crippen molar-refractivity contribution >= 4 is 0 Å². The van der Waals surface area contributed by atoms with E-state index in [9.17, 15) is 0 Å². The Morgan fingerprint density at radius 2 is 1.83 bits per heavy atom. The maximum Gasteiger partial charge on any atom is 1.00 e. The average Bonchev–Trinajstić information content (AvgIpc) is 2.06. The molecule has 1 aromatic rings. The first kappa shape index (κ1) is 12.9. The van der Waals surface area contributed by atoms with Gasteiger partial charge in [0, 0.05) is 6.61 Å². The van der Waals surface area contributed by atoms with E-state index in [0.717, 1.165) is 5.56 Å². The third-order valence-corrected chi connectivity index (χ3v) is 1.55. The largest absolute Gasteiger partial charge is 1.00 e. The van der Waals surface area contributed by atoms with Gasteiger partial charge in [-0.1, -0.05) is 30.3 Å². The van der Waals surface area contributed by atoms with Crippen molar-refractivity contribution < 1.29 is 63.3 Å². The zero-order valence-corrected chi connectivity index (χ0v) is 12.2. The monoisotopic (exact) mass is 235 g/mol. The van der Waals surface area contributed by atoms with E-state index in [1.807, 2.05) is 30.3 Å². The van der Waals surface area contributed by atoms with Gasteiger partial charge in [-0.25, -0.2) is 0 Å². The normalized spacial score (nSPS) is 11.8. The summed E-state index contributed by atoms with van der Waals surface area (Å²) in [6.45, 7) is -0.0606. The van der Waals surface area contributed by atoms with E-state index in [0.29, 0.717) is 6.42 Å². The van der Waals surface area contributed by atoms with Crippen LogP contribution in [0.3, 0.4) is 0 Å². The van der Waals surface area contributed by atoms with Crippen LogP contribution in [-0.4, -0.2) is 17.8 Å². The van der Waals surface area contributed by atoms with Gasteiger partial charge in [0.25, 0.3) is 0 Å². The van der Waals surface area contributed by atoms with Crippen molar-refractivity contribution in [3.05, 3.63) is 41.6 Å². The minimum Gasteiger partial charge on any atom is -0.673 e. The second-order valence-corrected chi connectivity index (χ2v) is 2.57. The quantitative estimate of drug-likeness (QED) is 0.692. The number of nitrogens with one attached hydrogen (secondary N) is 1. The van der Waals surface area contributed by atoms with Gasteiger partial charge in [0.1, 0.15) is 0 Å². The zero-order chi connectivity index (χ0) is 8.10. The summed E-state index contributed by atoms with van der Waals surface area (Å²) in [6, 6.07) is 9.40. The third kappa shape index (κ3) is 4.85. The first-order chi connectivity index (χ1) is 5.33. The second-order valence-electron chi connectivity index (χ2n) is 2.57. The van der Waals surface area contributed by atoms with E-state index in [1.165, 1.54) is 0 Å². The van der Waals surface area contributed by atoms with Crippen LogP contribution < -0.4 is 58.2 Å². The molecule has 1 rings (SSSR count). The average molecular weight is 236 g/mol. The predicted molar refractivity (Wildman–Crippen MR) is 45.3 cm³/mol. The van der Waals surface area contributed by atoms with E-state index < -0.39 is 0 Å². The molecule has 0 radical (unpaired) electrons. The van der Waals surface area contributed by atoms with Gasteiger partial charge in [-0.2, -0.15) is 0 Å². The van der Waals surface area contributed by atoms with E-state index in [1.54, 1.807) is 0 Å². The van der Waals surface area contributed by atoms with E-state index in [2.05, 4.69) is 0 Å². The molecular weight excluding hydrogens is 224 g/mol. The summed E-state index contributed by atoms with van der Waals surface area (Å²) in [5.41, 5.74) is 8.42. The standard InChI is InChI=1S/C9H12NO.Rb/c10-9(7-11)6-8-4-2-1-3-5-8;/h1-5,9-11H,6-7H2;/q-1;+1. The molecule has 0 aliphatic carbocycles. The van der Waals surface area contributed by atoms with E-state index in [4.69, 9.17) is 10.8 Å². The van der Waals surface area contributed by atoms with Gasteiger partial charge in [-0.15, -0.1) is 6.04 Å². The molecule has 0 heterocycles. The molecule has 0 fully saturated rings. The topological polar surface area (TPSA) is 44.0 Å². The number of aliphatic hydroxyl groups is 1. The summed E-state index contributed by atoms with van der Waals surface area (Å²) < 4.78 is 0. The van der Waals surface area contributed by atoms with Gasteiger partial charge in [-0.3, -0.25) is 0 Å². The van der Waals surface area contributed by atoms with Crippen molar-refractivity contribution in [1.29, 1.82) is 0 Å². The summed E-state index contributed by atoms with van der Waals surface area (Å²) in [7, 11) is 0. The van der Waals surface area contributed by atoms with Gasteiger partial charge in [-0.05, 0) is 12.0 Å². The van der Waals surface area contributed by atoms with Crippen LogP contribution >= 0.6 is 0 Å². The third-order valence-electron chi connectivity index (χ3n) is 1.55. The fourth-order valence-corrected chi connectivity index (χ4v) is 0.963. The fraction of sp³-hybridized carbons (Fsp3) is 0.333. The van der Waals surface area contributed by atoms with Crippen molar-refractivity contribution in [3.63, 3.8) is 0 Å². The number of benzene rings is 1. The van der Waals surface area contributed by atoms with Crippen molar-refractivity contribution in [2.45, 2.75) is 12.5 Å². The Hall–Kier alpha value is 0.945. The molecule has 1 atom stereocenters. The summed E-state index contributed by atoms with van der Waals surface area (Å²) >= 11 is 0. The molecule has 0 saturated carbocycles. The first-order valence-electron chi connectivity index (χ1n) is 3.69. The molecule has 0 aliphatic heterocycles. The van der Waals surface area contributed by atoms with E-state index >= 15 is 0 Å². The molecule has 60 valence electrons. The van der Waals surface area contributed by atoms with Gasteiger partial charge in [0.05, 0.1) is 0 Å². The summed E-state index contributed by atoms with van der Waals surface area (Å²) in [6.07, 6.45) is 0.636. The Labute approximate surface area is 122 Å². The number of aliphatic hydroxyl groups excluding tert-OH is 1. The van der Waals surface area contributed by atoms with Gasteiger partial charge < -0.3 is 10.8 Å². The molecule has 0 amide bonds. The van der Waals surface area contributed by atoms with Crippen LogP contribution in [0.1, 0.15) is 5.56 Å². The van der Waals surface area contributed by atoms with Crippen LogP contribution in [0.15, 0.2) is 30.3 Å². The summed E-state index contributed by atoms with van der Waals surface area (Å²) in [5, 5.41) is 8.61. The van der Waals surface area contributed by atoms with Gasteiger partial charge in [0.2, 0.25) is 0 Å². The smallest absolute Gasteiger partial charge is 0.673 e. The predicted octanol–water partition coefficient (Wildman–Crippen LogP) is -1.35. The molecule has 12 heavy (non-hydrogen) atoms. The van der Waals surface area contributed by atoms with Crippen LogP contribution in [0, 0.1) is 0 Å². The molecule has 1 unspecified atom stereocenters. The van der Waals surface area contributed by atoms with Crippen LogP contribution in [-0.2, 0) is 6.42 Å². The number of rotatable bonds is 3. The zero-order valence-electron chi connectivity index (χ0n) is 7.33. The van der Waals surface area contributed by atoms with Crippen LogP contribution in [0.5, 0.6) is 0 Å². The molecular formula is C9H12NORb. The van der Waals surface area contributed by atoms with Crippen LogP contribution in [0.25, 0.3) is 5.73 Å². The van der Waals surface area contributed by atoms with Crippen LogP contribution in [0.4, 0.5) is 0 Å². The maximum absolute atomic E-state index is 8.61. The van der Waals surface area contributed by atoms with Crippen LogP contribution in [0.2, 0.25) is 0 Å². The summed E-state index contributed by atoms with van der Waals surface area (Å²) in [4.78, 5) is 0. The Morgan fingerprint density at radius 1 is 1.25 bits per heavy atom. The van der Waals surface area contributed by atoms with Crippen molar-refractivity contribution in [2.75, 3.05) is 6.61 Å². The molecule has 3 heteroatoms. The fourth-order valence-electron chi connectivity index (χ4n) is 0.963. The molecule has 2 N–H and O–H groups in total. The molecule has 0 bridgehead atoms. The minimum atomic E-state index is -0.377. The second kappa shape index (κ2) is 7.36. The van der Waals surface area contributed by atoms with Crippen molar-refractivity contribution in [2.24, 2.45) is 0 Å². The Morgan fingerprint density at radius 3 is 2.33 bits per heavy atom. The SMILES string of the molecule is [NH-]C(CO)Cc1ccccc1.[Rb+]. The summed E-state index contributed by atoms with van der Waals surface area (Å²) in [5.74, 6) is 0. The molecule has 0 saturated heterocycles. The molecule has 2 nitrogen and oxygen atoms in total. The maximum atomic E-state index is 8.61.